The molecule has 1 atom stereocenters. The van der Waals surface area contributed by atoms with Gasteiger partial charge in [-0.1, -0.05) is 27.7 Å². The average molecular weight is 187 g/mol. The maximum Gasteiger partial charge on any atom is 0.0768 e. The smallest absolute Gasteiger partial charge is 0.0768 e. The van der Waals surface area contributed by atoms with E-state index in [0.29, 0.717) is 11.8 Å². The van der Waals surface area contributed by atoms with Crippen LogP contribution in [0.15, 0.2) is 0 Å². The van der Waals surface area contributed by atoms with Gasteiger partial charge >= 0.3 is 0 Å². The van der Waals surface area contributed by atoms with Crippen LogP contribution in [0.2, 0.25) is 0 Å². The monoisotopic (exact) mass is 187 g/mol. The quantitative estimate of drug-likeness (QED) is 0.711. The zero-order valence-corrected chi connectivity index (χ0v) is 9.96. The van der Waals surface area contributed by atoms with Gasteiger partial charge in [-0.3, -0.25) is 0 Å². The molecule has 0 amide bonds. The Morgan fingerprint density at radius 3 is 2.00 bits per heavy atom. The fourth-order valence-corrected chi connectivity index (χ4v) is 1.42. The normalized spacial score (nSPS) is 17.1. The number of rotatable bonds is 5. The second kappa shape index (κ2) is 4.97. The standard InChI is InChI=1S/C11H25NO/c1-9(2)7-12(6)8-11(5,13)10(3)4/h9-10,13H,7-8H2,1-6H3. The Morgan fingerprint density at radius 1 is 1.23 bits per heavy atom. The van der Waals surface area contributed by atoms with Gasteiger partial charge in [0, 0.05) is 13.1 Å². The summed E-state index contributed by atoms with van der Waals surface area (Å²) in [5, 5.41) is 10.0. The Labute approximate surface area is 82.9 Å². The molecule has 0 aromatic heterocycles. The van der Waals surface area contributed by atoms with Crippen molar-refractivity contribution in [3.05, 3.63) is 0 Å². The van der Waals surface area contributed by atoms with Crippen molar-refractivity contribution >= 4 is 0 Å². The summed E-state index contributed by atoms with van der Waals surface area (Å²) in [6.07, 6.45) is 0. The van der Waals surface area contributed by atoms with E-state index in [1.165, 1.54) is 0 Å². The highest BCUT2D eigenvalue weighted by Crippen LogP contribution is 2.17. The Kier molecular flexibility index (Phi) is 4.93. The van der Waals surface area contributed by atoms with Crippen molar-refractivity contribution in [3.63, 3.8) is 0 Å². The molecule has 0 saturated carbocycles. The lowest BCUT2D eigenvalue weighted by Gasteiger charge is -2.33. The molecule has 0 heterocycles. The van der Waals surface area contributed by atoms with E-state index in [-0.39, 0.29) is 0 Å². The van der Waals surface area contributed by atoms with E-state index in [1.807, 2.05) is 6.92 Å². The number of hydrogen-bond donors (Lipinski definition) is 1. The summed E-state index contributed by atoms with van der Waals surface area (Å²) < 4.78 is 0. The van der Waals surface area contributed by atoms with Crippen molar-refractivity contribution in [2.45, 2.75) is 40.2 Å². The Bertz CT molecular complexity index is 141. The largest absolute Gasteiger partial charge is 0.389 e. The van der Waals surface area contributed by atoms with Crippen molar-refractivity contribution in [2.24, 2.45) is 11.8 Å². The SMILES string of the molecule is CC(C)CN(C)CC(C)(O)C(C)C. The molecule has 0 aromatic rings. The van der Waals surface area contributed by atoms with Gasteiger partial charge in [-0.05, 0) is 25.8 Å². The van der Waals surface area contributed by atoms with Gasteiger partial charge in [0.15, 0.2) is 0 Å². The van der Waals surface area contributed by atoms with Gasteiger partial charge in [0.05, 0.1) is 5.60 Å². The maximum absolute atomic E-state index is 10.0. The Balaban J connectivity index is 3.96. The predicted molar refractivity (Wildman–Crippen MR) is 57.8 cm³/mol. The third-order valence-corrected chi connectivity index (χ3v) is 2.51. The molecule has 0 spiro atoms. The Hall–Kier alpha value is -0.0800. The summed E-state index contributed by atoms with van der Waals surface area (Å²) in [6, 6.07) is 0. The first-order chi connectivity index (χ1) is 5.75. The lowest BCUT2D eigenvalue weighted by atomic mass is 9.92. The van der Waals surface area contributed by atoms with Gasteiger partial charge in [0.1, 0.15) is 0 Å². The van der Waals surface area contributed by atoms with E-state index in [9.17, 15) is 5.11 Å². The molecule has 0 rings (SSSR count). The van der Waals surface area contributed by atoms with Crippen LogP contribution in [-0.2, 0) is 0 Å². The molecular formula is C11H25NO. The molecular weight excluding hydrogens is 162 g/mol. The summed E-state index contributed by atoms with van der Waals surface area (Å²) in [7, 11) is 2.07. The minimum atomic E-state index is -0.566. The molecule has 0 radical (unpaired) electrons. The fraction of sp³-hybridized carbons (Fsp3) is 1.00. The van der Waals surface area contributed by atoms with Crippen molar-refractivity contribution in [1.82, 2.24) is 4.90 Å². The van der Waals surface area contributed by atoms with Gasteiger partial charge in [-0.2, -0.15) is 0 Å². The first-order valence-corrected chi connectivity index (χ1v) is 5.16. The third kappa shape index (κ3) is 5.27. The van der Waals surface area contributed by atoms with Gasteiger partial charge in [-0.25, -0.2) is 0 Å². The van der Waals surface area contributed by atoms with E-state index in [4.69, 9.17) is 0 Å². The van der Waals surface area contributed by atoms with Crippen molar-refractivity contribution in [2.75, 3.05) is 20.1 Å². The predicted octanol–water partition coefficient (Wildman–Crippen LogP) is 1.98. The number of likely N-dealkylation sites (N-methyl/N-ethyl adjacent to an activating group) is 1. The second-order valence-electron chi connectivity index (χ2n) is 5.10. The molecule has 0 saturated heterocycles. The average Bonchev–Trinajstić information content (AvgIpc) is 1.82. The molecule has 0 aliphatic heterocycles. The van der Waals surface area contributed by atoms with Gasteiger partial charge in [0.2, 0.25) is 0 Å². The highest BCUT2D eigenvalue weighted by molar-refractivity contribution is 4.79. The third-order valence-electron chi connectivity index (χ3n) is 2.51. The van der Waals surface area contributed by atoms with Crippen LogP contribution in [0, 0.1) is 11.8 Å². The summed E-state index contributed by atoms with van der Waals surface area (Å²) in [5.74, 6) is 0.968. The van der Waals surface area contributed by atoms with Gasteiger partial charge < -0.3 is 10.0 Å². The van der Waals surface area contributed by atoms with E-state index in [2.05, 4.69) is 39.6 Å². The molecule has 2 heteroatoms. The van der Waals surface area contributed by atoms with E-state index in [1.54, 1.807) is 0 Å². The van der Waals surface area contributed by atoms with Crippen LogP contribution in [0.25, 0.3) is 0 Å². The molecule has 1 unspecified atom stereocenters. The number of hydrogen-bond acceptors (Lipinski definition) is 2. The van der Waals surface area contributed by atoms with E-state index < -0.39 is 5.60 Å². The first kappa shape index (κ1) is 12.9. The van der Waals surface area contributed by atoms with Gasteiger partial charge in [-0.15, -0.1) is 0 Å². The lowest BCUT2D eigenvalue weighted by Crippen LogP contribution is -2.44. The molecule has 13 heavy (non-hydrogen) atoms. The highest BCUT2D eigenvalue weighted by Gasteiger charge is 2.26. The Morgan fingerprint density at radius 2 is 1.69 bits per heavy atom. The van der Waals surface area contributed by atoms with Crippen molar-refractivity contribution in [3.8, 4) is 0 Å². The summed E-state index contributed by atoms with van der Waals surface area (Å²) >= 11 is 0. The van der Waals surface area contributed by atoms with Crippen LogP contribution in [0.4, 0.5) is 0 Å². The molecule has 0 aromatic carbocycles. The minimum absolute atomic E-state index is 0.308. The summed E-state index contributed by atoms with van der Waals surface area (Å²) in [6.45, 7) is 12.2. The van der Waals surface area contributed by atoms with E-state index >= 15 is 0 Å². The highest BCUT2D eigenvalue weighted by atomic mass is 16.3. The van der Waals surface area contributed by atoms with Crippen LogP contribution >= 0.6 is 0 Å². The topological polar surface area (TPSA) is 23.5 Å². The van der Waals surface area contributed by atoms with Crippen LogP contribution in [0.1, 0.15) is 34.6 Å². The molecule has 0 fully saturated rings. The zero-order chi connectivity index (χ0) is 10.6. The van der Waals surface area contributed by atoms with Gasteiger partial charge in [0.25, 0.3) is 0 Å². The lowest BCUT2D eigenvalue weighted by molar-refractivity contribution is -0.0149. The van der Waals surface area contributed by atoms with Crippen LogP contribution in [-0.4, -0.2) is 35.7 Å². The molecule has 2 nitrogen and oxygen atoms in total. The van der Waals surface area contributed by atoms with Crippen LogP contribution in [0.3, 0.4) is 0 Å². The van der Waals surface area contributed by atoms with E-state index in [0.717, 1.165) is 13.1 Å². The maximum atomic E-state index is 10.0. The van der Waals surface area contributed by atoms with Crippen molar-refractivity contribution < 1.29 is 5.11 Å². The molecule has 0 aliphatic rings. The summed E-state index contributed by atoms with van der Waals surface area (Å²) in [5.41, 5.74) is -0.566. The number of aliphatic hydroxyl groups is 1. The van der Waals surface area contributed by atoms with Crippen molar-refractivity contribution in [1.29, 1.82) is 0 Å². The molecule has 80 valence electrons. The summed E-state index contributed by atoms with van der Waals surface area (Å²) in [4.78, 5) is 2.20. The molecule has 0 aliphatic carbocycles. The minimum Gasteiger partial charge on any atom is -0.389 e. The second-order valence-corrected chi connectivity index (χ2v) is 5.10. The molecule has 0 bridgehead atoms. The fourth-order valence-electron chi connectivity index (χ4n) is 1.42. The zero-order valence-electron chi connectivity index (χ0n) is 9.96. The van der Waals surface area contributed by atoms with Crippen LogP contribution < -0.4 is 0 Å². The first-order valence-electron chi connectivity index (χ1n) is 5.16. The van der Waals surface area contributed by atoms with Crippen LogP contribution in [0.5, 0.6) is 0 Å². The number of nitrogens with zero attached hydrogens (tertiary/aromatic N) is 1. The molecule has 1 N–H and O–H groups in total.